The number of imidazole rings is 1. The Labute approximate surface area is 164 Å². The summed E-state index contributed by atoms with van der Waals surface area (Å²) >= 11 is 6.38. The second kappa shape index (κ2) is 8.93. The fourth-order valence-corrected chi connectivity index (χ4v) is 3.37. The van der Waals surface area contributed by atoms with Crippen LogP contribution in [0.1, 0.15) is 29.9 Å². The zero-order chi connectivity index (χ0) is 19.2. The highest BCUT2D eigenvalue weighted by Gasteiger charge is 2.18. The summed E-state index contributed by atoms with van der Waals surface area (Å²) in [5, 5.41) is 4.13. The van der Waals surface area contributed by atoms with Crippen molar-refractivity contribution in [1.29, 1.82) is 0 Å². The first-order valence-corrected chi connectivity index (χ1v) is 9.26. The van der Waals surface area contributed by atoms with E-state index in [0.29, 0.717) is 29.7 Å². The van der Waals surface area contributed by atoms with Crippen molar-refractivity contribution in [2.75, 3.05) is 13.7 Å². The third-order valence-electron chi connectivity index (χ3n) is 4.33. The van der Waals surface area contributed by atoms with Gasteiger partial charge in [-0.3, -0.25) is 5.32 Å². The number of ether oxygens (including phenoxy) is 2. The Balaban J connectivity index is 1.87. The number of halogens is 1. The zero-order valence-electron chi connectivity index (χ0n) is 15.8. The van der Waals surface area contributed by atoms with Gasteiger partial charge in [-0.25, -0.2) is 4.98 Å². The maximum Gasteiger partial charge on any atom is 0.179 e. The largest absolute Gasteiger partial charge is 0.491 e. The molecular weight excluding hydrogens is 362 g/mol. The Morgan fingerprint density at radius 2 is 2.00 bits per heavy atom. The van der Waals surface area contributed by atoms with Crippen molar-refractivity contribution in [3.63, 3.8) is 0 Å². The fraction of sp³-hybridized carbons (Fsp3) is 0.286. The number of hydrogen-bond acceptors (Lipinski definition) is 4. The standard InChI is InChI=1S/C21H24ClN3O2/c1-4-27-18-13-15(12-17(22)20(18)26-3)14-24-19(16-8-6-5-7-9-16)21-23-10-11-25(21)2/h5-13,19,24H,4,14H2,1-3H3. The molecule has 1 unspecified atom stereocenters. The number of aryl methyl sites for hydroxylation is 1. The van der Waals surface area contributed by atoms with E-state index in [1.807, 2.05) is 61.3 Å². The van der Waals surface area contributed by atoms with Crippen molar-refractivity contribution in [2.24, 2.45) is 7.05 Å². The van der Waals surface area contributed by atoms with Crippen LogP contribution in [-0.2, 0) is 13.6 Å². The second-order valence-electron chi connectivity index (χ2n) is 6.16. The predicted octanol–water partition coefficient (Wildman–Crippen LogP) is 4.36. The summed E-state index contributed by atoms with van der Waals surface area (Å²) in [5.41, 5.74) is 2.16. The van der Waals surface area contributed by atoms with Gasteiger partial charge in [0.25, 0.3) is 0 Å². The van der Waals surface area contributed by atoms with Crippen LogP contribution in [0, 0.1) is 0 Å². The van der Waals surface area contributed by atoms with E-state index in [9.17, 15) is 0 Å². The van der Waals surface area contributed by atoms with Gasteiger partial charge >= 0.3 is 0 Å². The number of nitrogens with zero attached hydrogens (tertiary/aromatic N) is 2. The minimum absolute atomic E-state index is 0.0392. The van der Waals surface area contributed by atoms with E-state index in [1.165, 1.54) is 0 Å². The van der Waals surface area contributed by atoms with Crippen LogP contribution in [0.3, 0.4) is 0 Å². The van der Waals surface area contributed by atoms with Crippen LogP contribution < -0.4 is 14.8 Å². The van der Waals surface area contributed by atoms with Gasteiger partial charge in [0, 0.05) is 26.0 Å². The summed E-state index contributed by atoms with van der Waals surface area (Å²) in [6.07, 6.45) is 3.76. The minimum Gasteiger partial charge on any atom is -0.491 e. The molecule has 1 N–H and O–H groups in total. The van der Waals surface area contributed by atoms with Crippen LogP contribution in [0.15, 0.2) is 54.9 Å². The molecule has 1 atom stereocenters. The third-order valence-corrected chi connectivity index (χ3v) is 4.61. The molecule has 3 rings (SSSR count). The van der Waals surface area contributed by atoms with Gasteiger partial charge in [-0.1, -0.05) is 41.9 Å². The first-order valence-electron chi connectivity index (χ1n) is 8.88. The van der Waals surface area contributed by atoms with Crippen molar-refractivity contribution >= 4 is 11.6 Å². The van der Waals surface area contributed by atoms with E-state index in [0.717, 1.165) is 17.0 Å². The van der Waals surface area contributed by atoms with E-state index >= 15 is 0 Å². The van der Waals surface area contributed by atoms with E-state index in [2.05, 4.69) is 22.4 Å². The number of benzene rings is 2. The van der Waals surface area contributed by atoms with Gasteiger partial charge in [0.05, 0.1) is 24.8 Å². The normalized spacial score (nSPS) is 12.0. The van der Waals surface area contributed by atoms with E-state index in [4.69, 9.17) is 21.1 Å². The molecule has 0 radical (unpaired) electrons. The molecule has 27 heavy (non-hydrogen) atoms. The Morgan fingerprint density at radius 3 is 2.63 bits per heavy atom. The van der Waals surface area contributed by atoms with Crippen LogP contribution in [0.2, 0.25) is 5.02 Å². The van der Waals surface area contributed by atoms with E-state index < -0.39 is 0 Å². The molecule has 0 fully saturated rings. The average molecular weight is 386 g/mol. The Kier molecular flexibility index (Phi) is 6.37. The highest BCUT2D eigenvalue weighted by molar-refractivity contribution is 6.32. The molecule has 3 aromatic rings. The van der Waals surface area contributed by atoms with Crippen LogP contribution in [-0.4, -0.2) is 23.3 Å². The molecule has 0 spiro atoms. The lowest BCUT2D eigenvalue weighted by molar-refractivity contribution is 0.310. The topological polar surface area (TPSA) is 48.3 Å². The zero-order valence-corrected chi connectivity index (χ0v) is 16.5. The smallest absolute Gasteiger partial charge is 0.179 e. The molecule has 6 heteroatoms. The molecule has 2 aromatic carbocycles. The summed E-state index contributed by atoms with van der Waals surface area (Å²) in [5.74, 6) is 2.16. The van der Waals surface area contributed by atoms with E-state index in [-0.39, 0.29) is 6.04 Å². The summed E-state index contributed by atoms with van der Waals surface area (Å²) < 4.78 is 13.1. The maximum absolute atomic E-state index is 6.38. The molecular formula is C21H24ClN3O2. The van der Waals surface area contributed by atoms with E-state index in [1.54, 1.807) is 7.11 Å². The minimum atomic E-state index is -0.0392. The highest BCUT2D eigenvalue weighted by atomic mass is 35.5. The second-order valence-corrected chi connectivity index (χ2v) is 6.57. The molecule has 0 saturated carbocycles. The maximum atomic E-state index is 6.38. The van der Waals surface area contributed by atoms with Gasteiger partial charge in [0.15, 0.2) is 11.5 Å². The number of rotatable bonds is 8. The molecule has 0 aliphatic rings. The molecule has 0 aliphatic heterocycles. The number of hydrogen-bond donors (Lipinski definition) is 1. The average Bonchev–Trinajstić information content (AvgIpc) is 3.09. The molecule has 0 amide bonds. The Morgan fingerprint density at radius 1 is 1.22 bits per heavy atom. The summed E-state index contributed by atoms with van der Waals surface area (Å²) in [4.78, 5) is 4.53. The first-order chi connectivity index (χ1) is 13.1. The lowest BCUT2D eigenvalue weighted by atomic mass is 10.1. The van der Waals surface area contributed by atoms with Crippen molar-refractivity contribution < 1.29 is 9.47 Å². The summed E-state index contributed by atoms with van der Waals surface area (Å²) in [7, 11) is 3.59. The molecule has 0 saturated heterocycles. The van der Waals surface area contributed by atoms with Crippen molar-refractivity contribution in [3.05, 3.63) is 76.8 Å². The molecule has 142 valence electrons. The van der Waals surface area contributed by atoms with Gasteiger partial charge < -0.3 is 14.0 Å². The lowest BCUT2D eigenvalue weighted by Gasteiger charge is -2.20. The molecule has 0 aliphatic carbocycles. The van der Waals surface area contributed by atoms with Crippen LogP contribution in [0.5, 0.6) is 11.5 Å². The van der Waals surface area contributed by atoms with Crippen LogP contribution >= 0.6 is 11.6 Å². The van der Waals surface area contributed by atoms with Crippen molar-refractivity contribution in [3.8, 4) is 11.5 Å². The lowest BCUT2D eigenvalue weighted by Crippen LogP contribution is -2.24. The predicted molar refractivity (Wildman–Crippen MR) is 108 cm³/mol. The monoisotopic (exact) mass is 385 g/mol. The van der Waals surface area contributed by atoms with Crippen molar-refractivity contribution in [1.82, 2.24) is 14.9 Å². The third kappa shape index (κ3) is 4.43. The molecule has 1 aromatic heterocycles. The number of nitrogens with one attached hydrogen (secondary N) is 1. The molecule has 0 bridgehead atoms. The fourth-order valence-electron chi connectivity index (χ4n) is 3.06. The Bertz CT molecular complexity index is 880. The van der Waals surface area contributed by atoms with Gasteiger partial charge in [0.1, 0.15) is 5.82 Å². The van der Waals surface area contributed by atoms with Crippen LogP contribution in [0.4, 0.5) is 0 Å². The number of methoxy groups -OCH3 is 1. The van der Waals surface area contributed by atoms with Crippen LogP contribution in [0.25, 0.3) is 0 Å². The quantitative estimate of drug-likeness (QED) is 0.625. The van der Waals surface area contributed by atoms with Gasteiger partial charge in [-0.15, -0.1) is 0 Å². The summed E-state index contributed by atoms with van der Waals surface area (Å²) in [6.45, 7) is 3.09. The number of aromatic nitrogens is 2. The first kappa shape index (κ1) is 19.3. The highest BCUT2D eigenvalue weighted by Crippen LogP contribution is 2.36. The van der Waals surface area contributed by atoms with Crippen molar-refractivity contribution in [2.45, 2.75) is 19.5 Å². The molecule has 5 nitrogen and oxygen atoms in total. The van der Waals surface area contributed by atoms with Gasteiger partial charge in [-0.2, -0.15) is 0 Å². The SMILES string of the molecule is CCOc1cc(CNC(c2ccccc2)c2nccn2C)cc(Cl)c1OC. The summed E-state index contributed by atoms with van der Waals surface area (Å²) in [6, 6.07) is 14.1. The van der Waals surface area contributed by atoms with Gasteiger partial charge in [-0.05, 0) is 30.2 Å². The van der Waals surface area contributed by atoms with Gasteiger partial charge in [0.2, 0.25) is 0 Å². The molecule has 1 heterocycles. The Hall–Kier alpha value is -2.50.